The van der Waals surface area contributed by atoms with Crippen molar-refractivity contribution in [2.75, 3.05) is 6.54 Å². The standard InChI is InChI=1S/C13H25N3/c1-5-8-14-12(7-6-11(2)3)13-15-9-10-16(13)4/h9-12,14H,5-8H2,1-4H3. The summed E-state index contributed by atoms with van der Waals surface area (Å²) in [6.45, 7) is 7.81. The van der Waals surface area contributed by atoms with Crippen LogP contribution in [0.5, 0.6) is 0 Å². The van der Waals surface area contributed by atoms with Gasteiger partial charge in [-0.25, -0.2) is 4.98 Å². The van der Waals surface area contributed by atoms with Crippen molar-refractivity contribution >= 4 is 0 Å². The van der Waals surface area contributed by atoms with Gasteiger partial charge in [0.2, 0.25) is 0 Å². The van der Waals surface area contributed by atoms with E-state index in [0.717, 1.165) is 18.3 Å². The van der Waals surface area contributed by atoms with Gasteiger partial charge in [0.1, 0.15) is 5.82 Å². The molecule has 0 aliphatic rings. The Balaban J connectivity index is 2.60. The van der Waals surface area contributed by atoms with E-state index in [0.29, 0.717) is 6.04 Å². The number of hydrogen-bond acceptors (Lipinski definition) is 2. The normalized spacial score (nSPS) is 13.3. The highest BCUT2D eigenvalue weighted by Crippen LogP contribution is 2.19. The average Bonchev–Trinajstić information content (AvgIpc) is 2.65. The number of hydrogen-bond donors (Lipinski definition) is 1. The van der Waals surface area contributed by atoms with E-state index < -0.39 is 0 Å². The van der Waals surface area contributed by atoms with Gasteiger partial charge in [0.05, 0.1) is 6.04 Å². The molecule has 1 atom stereocenters. The van der Waals surface area contributed by atoms with E-state index in [9.17, 15) is 0 Å². The van der Waals surface area contributed by atoms with Crippen molar-refractivity contribution in [2.45, 2.75) is 46.1 Å². The fraction of sp³-hybridized carbons (Fsp3) is 0.769. The quantitative estimate of drug-likeness (QED) is 0.770. The maximum Gasteiger partial charge on any atom is 0.125 e. The van der Waals surface area contributed by atoms with Gasteiger partial charge in [-0.15, -0.1) is 0 Å². The van der Waals surface area contributed by atoms with Gasteiger partial charge >= 0.3 is 0 Å². The molecule has 0 saturated carbocycles. The molecule has 0 radical (unpaired) electrons. The highest BCUT2D eigenvalue weighted by Gasteiger charge is 2.15. The van der Waals surface area contributed by atoms with E-state index in [2.05, 4.69) is 42.7 Å². The van der Waals surface area contributed by atoms with Crippen LogP contribution >= 0.6 is 0 Å². The first-order chi connectivity index (χ1) is 7.65. The SMILES string of the molecule is CCCNC(CCC(C)C)c1nccn1C. The molecule has 0 saturated heterocycles. The number of nitrogens with zero attached hydrogens (tertiary/aromatic N) is 2. The summed E-state index contributed by atoms with van der Waals surface area (Å²) in [4.78, 5) is 4.45. The molecular weight excluding hydrogens is 198 g/mol. The lowest BCUT2D eigenvalue weighted by Crippen LogP contribution is -2.25. The fourth-order valence-corrected chi connectivity index (χ4v) is 1.85. The van der Waals surface area contributed by atoms with Gasteiger partial charge in [0, 0.05) is 19.4 Å². The monoisotopic (exact) mass is 223 g/mol. The molecule has 0 spiro atoms. The third kappa shape index (κ3) is 3.97. The molecule has 0 aliphatic heterocycles. The first-order valence-corrected chi connectivity index (χ1v) is 6.35. The van der Waals surface area contributed by atoms with Crippen LogP contribution in [-0.4, -0.2) is 16.1 Å². The van der Waals surface area contributed by atoms with Crippen molar-refractivity contribution < 1.29 is 0 Å². The molecular formula is C13H25N3. The summed E-state index contributed by atoms with van der Waals surface area (Å²) in [5, 5.41) is 3.58. The molecule has 1 heterocycles. The maximum absolute atomic E-state index is 4.45. The van der Waals surface area contributed by atoms with Gasteiger partial charge in [0.15, 0.2) is 0 Å². The Hall–Kier alpha value is -0.830. The van der Waals surface area contributed by atoms with Crippen molar-refractivity contribution in [1.29, 1.82) is 0 Å². The van der Waals surface area contributed by atoms with Crippen molar-refractivity contribution in [1.82, 2.24) is 14.9 Å². The summed E-state index contributed by atoms with van der Waals surface area (Å²) >= 11 is 0. The van der Waals surface area contributed by atoms with E-state index in [4.69, 9.17) is 0 Å². The van der Waals surface area contributed by atoms with E-state index in [-0.39, 0.29) is 0 Å². The van der Waals surface area contributed by atoms with Crippen LogP contribution in [0.4, 0.5) is 0 Å². The Morgan fingerprint density at radius 1 is 1.38 bits per heavy atom. The minimum absolute atomic E-state index is 0.405. The topological polar surface area (TPSA) is 29.9 Å². The van der Waals surface area contributed by atoms with Crippen molar-refractivity contribution in [2.24, 2.45) is 13.0 Å². The van der Waals surface area contributed by atoms with Gasteiger partial charge in [-0.05, 0) is 31.7 Å². The fourth-order valence-electron chi connectivity index (χ4n) is 1.85. The Kier molecular flexibility index (Phi) is 5.53. The summed E-state index contributed by atoms with van der Waals surface area (Å²) in [6, 6.07) is 0.405. The van der Waals surface area contributed by atoms with E-state index >= 15 is 0 Å². The van der Waals surface area contributed by atoms with E-state index in [1.54, 1.807) is 0 Å². The number of rotatable bonds is 7. The maximum atomic E-state index is 4.45. The number of aromatic nitrogens is 2. The smallest absolute Gasteiger partial charge is 0.125 e. The van der Waals surface area contributed by atoms with Gasteiger partial charge in [-0.1, -0.05) is 20.8 Å². The molecule has 0 aromatic carbocycles. The molecule has 92 valence electrons. The number of nitrogens with one attached hydrogen (secondary N) is 1. The highest BCUT2D eigenvalue weighted by molar-refractivity contribution is 4.98. The summed E-state index contributed by atoms with van der Waals surface area (Å²) in [5.41, 5.74) is 0. The molecule has 3 heteroatoms. The minimum atomic E-state index is 0.405. The number of aryl methyl sites for hydroxylation is 1. The summed E-state index contributed by atoms with van der Waals surface area (Å²) in [7, 11) is 2.07. The molecule has 1 N–H and O–H groups in total. The Bertz CT molecular complexity index is 291. The summed E-state index contributed by atoms with van der Waals surface area (Å²) < 4.78 is 2.12. The van der Waals surface area contributed by atoms with Crippen LogP contribution in [0.1, 0.15) is 51.9 Å². The molecule has 0 aliphatic carbocycles. The molecule has 1 unspecified atom stereocenters. The second-order valence-corrected chi connectivity index (χ2v) is 4.87. The zero-order chi connectivity index (χ0) is 12.0. The lowest BCUT2D eigenvalue weighted by Gasteiger charge is -2.19. The molecule has 0 bridgehead atoms. The van der Waals surface area contributed by atoms with Gasteiger partial charge < -0.3 is 9.88 Å². The predicted molar refractivity (Wildman–Crippen MR) is 68.3 cm³/mol. The zero-order valence-electron chi connectivity index (χ0n) is 11.0. The molecule has 16 heavy (non-hydrogen) atoms. The van der Waals surface area contributed by atoms with E-state index in [1.807, 2.05) is 12.4 Å². The summed E-state index contributed by atoms with van der Waals surface area (Å²) in [6.07, 6.45) is 7.48. The molecule has 1 rings (SSSR count). The van der Waals surface area contributed by atoms with Gasteiger partial charge in [0.25, 0.3) is 0 Å². The number of imidazole rings is 1. The predicted octanol–water partition coefficient (Wildman–Crippen LogP) is 2.90. The molecule has 0 fully saturated rings. The first-order valence-electron chi connectivity index (χ1n) is 6.35. The Morgan fingerprint density at radius 3 is 2.62 bits per heavy atom. The van der Waals surface area contributed by atoms with Crippen molar-refractivity contribution in [3.63, 3.8) is 0 Å². The van der Waals surface area contributed by atoms with Gasteiger partial charge in [-0.3, -0.25) is 0 Å². The first kappa shape index (κ1) is 13.2. The average molecular weight is 223 g/mol. The van der Waals surface area contributed by atoms with Crippen LogP contribution in [0.25, 0.3) is 0 Å². The largest absolute Gasteiger partial charge is 0.337 e. The second-order valence-electron chi connectivity index (χ2n) is 4.87. The van der Waals surface area contributed by atoms with Crippen LogP contribution in [0.2, 0.25) is 0 Å². The highest BCUT2D eigenvalue weighted by atomic mass is 15.1. The molecule has 1 aromatic heterocycles. The van der Waals surface area contributed by atoms with Crippen molar-refractivity contribution in [3.8, 4) is 0 Å². The third-order valence-electron chi connectivity index (χ3n) is 2.84. The van der Waals surface area contributed by atoms with Crippen LogP contribution in [0.15, 0.2) is 12.4 Å². The van der Waals surface area contributed by atoms with Crippen molar-refractivity contribution in [3.05, 3.63) is 18.2 Å². The van der Waals surface area contributed by atoms with Crippen LogP contribution in [-0.2, 0) is 7.05 Å². The lowest BCUT2D eigenvalue weighted by atomic mass is 10.0. The molecule has 3 nitrogen and oxygen atoms in total. The molecule has 0 amide bonds. The van der Waals surface area contributed by atoms with Gasteiger partial charge in [-0.2, -0.15) is 0 Å². The van der Waals surface area contributed by atoms with E-state index in [1.165, 1.54) is 19.3 Å². The summed E-state index contributed by atoms with van der Waals surface area (Å²) in [5.74, 6) is 1.92. The van der Waals surface area contributed by atoms with Crippen LogP contribution in [0.3, 0.4) is 0 Å². The zero-order valence-corrected chi connectivity index (χ0v) is 11.0. The third-order valence-corrected chi connectivity index (χ3v) is 2.84. The van der Waals surface area contributed by atoms with Crippen LogP contribution < -0.4 is 5.32 Å². The minimum Gasteiger partial charge on any atom is -0.337 e. The Morgan fingerprint density at radius 2 is 2.12 bits per heavy atom. The molecule has 1 aromatic rings. The lowest BCUT2D eigenvalue weighted by molar-refractivity contribution is 0.419. The second kappa shape index (κ2) is 6.69. The Labute approximate surface area is 99.3 Å². The van der Waals surface area contributed by atoms with Crippen LogP contribution in [0, 0.1) is 5.92 Å².